The largest absolute Gasteiger partial charge is 0.345 e. The molecule has 1 amide bonds. The zero-order valence-electron chi connectivity index (χ0n) is 11.6. The number of carbonyl (C=O) groups is 1. The molecule has 1 aromatic heterocycles. The van der Waals surface area contributed by atoms with Gasteiger partial charge in [0.2, 0.25) is 17.6 Å². The molecule has 106 valence electrons. The molecule has 2 N–H and O–H groups in total. The zero-order chi connectivity index (χ0) is 14.5. The van der Waals surface area contributed by atoms with Gasteiger partial charge in [0.05, 0.1) is 0 Å². The molecule has 1 aromatic rings. The number of amides is 1. The molecule has 1 heterocycles. The highest BCUT2D eigenvalue weighted by Gasteiger charge is 2.30. The van der Waals surface area contributed by atoms with E-state index in [9.17, 15) is 9.59 Å². The molecule has 0 atom stereocenters. The molecule has 0 radical (unpaired) electrons. The van der Waals surface area contributed by atoms with E-state index in [4.69, 9.17) is 9.47 Å². The highest BCUT2D eigenvalue weighted by atomic mass is 16.7. The lowest BCUT2D eigenvalue weighted by Gasteiger charge is -2.28. The molecular formula is C12H19N3O4. The number of nitrogens with one attached hydrogen (secondary N) is 2. The van der Waals surface area contributed by atoms with Crippen LogP contribution in [0.1, 0.15) is 33.4 Å². The van der Waals surface area contributed by atoms with Crippen LogP contribution < -0.4 is 10.9 Å². The van der Waals surface area contributed by atoms with Crippen molar-refractivity contribution in [1.29, 1.82) is 0 Å². The van der Waals surface area contributed by atoms with Crippen molar-refractivity contribution in [2.75, 3.05) is 18.5 Å². The van der Waals surface area contributed by atoms with Gasteiger partial charge >= 0.3 is 0 Å². The van der Waals surface area contributed by atoms with Crippen molar-refractivity contribution in [3.63, 3.8) is 0 Å². The molecule has 0 aliphatic rings. The average Bonchev–Trinajstić information content (AvgIpc) is 2.27. The number of ether oxygens (including phenoxy) is 2. The van der Waals surface area contributed by atoms with Gasteiger partial charge < -0.3 is 9.47 Å². The maximum atomic E-state index is 11.6. The number of anilines is 1. The Bertz CT molecular complexity index is 492. The number of carbonyl (C=O) groups excluding carboxylic acids is 1. The normalized spacial score (nSPS) is 11.4. The Morgan fingerprint density at radius 3 is 2.47 bits per heavy atom. The Kier molecular flexibility index (Phi) is 5.20. The van der Waals surface area contributed by atoms with Crippen LogP contribution in [-0.4, -0.2) is 29.1 Å². The molecule has 0 fully saturated rings. The highest BCUT2D eigenvalue weighted by Crippen LogP contribution is 2.24. The molecule has 0 saturated carbocycles. The minimum absolute atomic E-state index is 0.0700. The van der Waals surface area contributed by atoms with Crippen LogP contribution in [0.15, 0.2) is 10.9 Å². The summed E-state index contributed by atoms with van der Waals surface area (Å²) in [5.41, 5.74) is -0.0805. The first kappa shape index (κ1) is 15.3. The molecule has 7 nitrogen and oxygen atoms in total. The van der Waals surface area contributed by atoms with E-state index < -0.39 is 5.79 Å². The minimum Gasteiger partial charge on any atom is -0.345 e. The summed E-state index contributed by atoms with van der Waals surface area (Å²) in [5, 5.41) is 2.43. The fraction of sp³-hybridized carbons (Fsp3) is 0.583. The molecule has 0 aliphatic carbocycles. The molecular weight excluding hydrogens is 250 g/mol. The minimum atomic E-state index is -1.12. The van der Waals surface area contributed by atoms with Crippen LogP contribution in [-0.2, 0) is 20.1 Å². The van der Waals surface area contributed by atoms with Crippen LogP contribution in [0.5, 0.6) is 0 Å². The molecule has 0 spiro atoms. The quantitative estimate of drug-likeness (QED) is 0.751. The van der Waals surface area contributed by atoms with Gasteiger partial charge in [-0.3, -0.25) is 19.9 Å². The van der Waals surface area contributed by atoms with Gasteiger partial charge in [0.1, 0.15) is 5.69 Å². The van der Waals surface area contributed by atoms with Gasteiger partial charge in [-0.2, -0.15) is 0 Å². The zero-order valence-corrected chi connectivity index (χ0v) is 11.6. The third-order valence-corrected chi connectivity index (χ3v) is 2.34. The number of aromatic nitrogens is 2. The van der Waals surface area contributed by atoms with Gasteiger partial charge in [0.25, 0.3) is 5.56 Å². The van der Waals surface area contributed by atoms with Crippen LogP contribution >= 0.6 is 0 Å². The van der Waals surface area contributed by atoms with Gasteiger partial charge in [0.15, 0.2) is 0 Å². The third-order valence-electron chi connectivity index (χ3n) is 2.34. The predicted octanol–water partition coefficient (Wildman–Crippen LogP) is 0.974. The SMILES string of the molecule is CCOC(C)(OCC)c1cc(=O)[nH]c(NC(C)=O)n1. The van der Waals surface area contributed by atoms with E-state index in [2.05, 4.69) is 15.3 Å². The van der Waals surface area contributed by atoms with Crippen LogP contribution in [0, 0.1) is 0 Å². The summed E-state index contributed by atoms with van der Waals surface area (Å²) in [4.78, 5) is 29.2. The maximum absolute atomic E-state index is 11.6. The molecule has 0 unspecified atom stereocenters. The smallest absolute Gasteiger partial charge is 0.252 e. The van der Waals surface area contributed by atoms with Crippen molar-refractivity contribution >= 4 is 11.9 Å². The summed E-state index contributed by atoms with van der Waals surface area (Å²) >= 11 is 0. The van der Waals surface area contributed by atoms with Gasteiger partial charge in [-0.05, 0) is 20.8 Å². The standard InChI is InChI=1S/C12H19N3O4/c1-5-18-12(4,19-6-2)9-7-10(17)15-11(14-9)13-8(3)16/h7H,5-6H2,1-4H3,(H2,13,14,15,16,17). The van der Waals surface area contributed by atoms with E-state index in [1.165, 1.54) is 13.0 Å². The Morgan fingerprint density at radius 2 is 2.00 bits per heavy atom. The Hall–Kier alpha value is -1.73. The first-order chi connectivity index (χ1) is 8.91. The summed E-state index contributed by atoms with van der Waals surface area (Å²) < 4.78 is 11.0. The number of hydrogen-bond donors (Lipinski definition) is 2. The van der Waals surface area contributed by atoms with Crippen molar-refractivity contribution in [3.8, 4) is 0 Å². The average molecular weight is 269 g/mol. The monoisotopic (exact) mass is 269 g/mol. The van der Waals surface area contributed by atoms with E-state index >= 15 is 0 Å². The van der Waals surface area contributed by atoms with Crippen molar-refractivity contribution in [2.45, 2.75) is 33.5 Å². The first-order valence-corrected chi connectivity index (χ1v) is 6.08. The fourth-order valence-electron chi connectivity index (χ4n) is 1.66. The van der Waals surface area contributed by atoms with Crippen LogP contribution in [0.25, 0.3) is 0 Å². The van der Waals surface area contributed by atoms with Crippen LogP contribution in [0.3, 0.4) is 0 Å². The van der Waals surface area contributed by atoms with Gasteiger partial charge in [0, 0.05) is 26.2 Å². The van der Waals surface area contributed by atoms with Gasteiger partial charge in [-0.25, -0.2) is 4.98 Å². The topological polar surface area (TPSA) is 93.3 Å². The van der Waals surface area contributed by atoms with Gasteiger partial charge in [-0.1, -0.05) is 0 Å². The lowest BCUT2D eigenvalue weighted by molar-refractivity contribution is -0.232. The van der Waals surface area contributed by atoms with Crippen molar-refractivity contribution in [3.05, 3.63) is 22.1 Å². The van der Waals surface area contributed by atoms with Crippen LogP contribution in [0.4, 0.5) is 5.95 Å². The molecule has 0 bridgehead atoms. The Labute approximate surface area is 111 Å². The van der Waals surface area contributed by atoms with E-state index in [0.29, 0.717) is 18.9 Å². The van der Waals surface area contributed by atoms with E-state index in [0.717, 1.165) is 0 Å². The lowest BCUT2D eigenvalue weighted by atomic mass is 10.2. The van der Waals surface area contributed by atoms with Crippen molar-refractivity contribution < 1.29 is 14.3 Å². The second-order valence-corrected chi connectivity index (χ2v) is 3.97. The molecule has 0 aromatic carbocycles. The second kappa shape index (κ2) is 6.44. The van der Waals surface area contributed by atoms with E-state index in [-0.39, 0.29) is 17.4 Å². The number of rotatable bonds is 6. The first-order valence-electron chi connectivity index (χ1n) is 6.08. The molecule has 7 heteroatoms. The van der Waals surface area contributed by atoms with Crippen molar-refractivity contribution in [2.24, 2.45) is 0 Å². The predicted molar refractivity (Wildman–Crippen MR) is 69.8 cm³/mol. The molecule has 0 aliphatic heterocycles. The Balaban J connectivity index is 3.19. The number of H-pyrrole nitrogens is 1. The number of aromatic amines is 1. The van der Waals surface area contributed by atoms with E-state index in [1.54, 1.807) is 6.92 Å². The summed E-state index contributed by atoms with van der Waals surface area (Å²) in [7, 11) is 0. The van der Waals surface area contributed by atoms with Gasteiger partial charge in [-0.15, -0.1) is 0 Å². The lowest BCUT2D eigenvalue weighted by Crippen LogP contribution is -2.33. The van der Waals surface area contributed by atoms with E-state index in [1.807, 2.05) is 13.8 Å². The Morgan fingerprint density at radius 1 is 1.42 bits per heavy atom. The third kappa shape index (κ3) is 4.15. The number of nitrogens with zero attached hydrogens (tertiary/aromatic N) is 1. The summed E-state index contributed by atoms with van der Waals surface area (Å²) in [6.45, 7) is 7.45. The second-order valence-electron chi connectivity index (χ2n) is 3.97. The maximum Gasteiger partial charge on any atom is 0.252 e. The fourth-order valence-corrected chi connectivity index (χ4v) is 1.66. The molecule has 19 heavy (non-hydrogen) atoms. The molecule has 1 rings (SSSR count). The summed E-state index contributed by atoms with van der Waals surface area (Å²) in [6, 6.07) is 1.29. The summed E-state index contributed by atoms with van der Waals surface area (Å²) in [5.74, 6) is -1.37. The van der Waals surface area contributed by atoms with Crippen LogP contribution in [0.2, 0.25) is 0 Å². The van der Waals surface area contributed by atoms with Crippen molar-refractivity contribution in [1.82, 2.24) is 9.97 Å². The molecule has 0 saturated heterocycles. The number of hydrogen-bond acceptors (Lipinski definition) is 5. The summed E-state index contributed by atoms with van der Waals surface area (Å²) in [6.07, 6.45) is 0. The highest BCUT2D eigenvalue weighted by molar-refractivity contribution is 5.86.